The van der Waals surface area contributed by atoms with Crippen molar-refractivity contribution in [2.75, 3.05) is 7.11 Å². The van der Waals surface area contributed by atoms with Gasteiger partial charge in [0.1, 0.15) is 0 Å². The van der Waals surface area contributed by atoms with Crippen LogP contribution in [0, 0.1) is 0 Å². The molecular formula is C18H14BrN5O3S. The monoisotopic (exact) mass is 459 g/mol. The van der Waals surface area contributed by atoms with Gasteiger partial charge in [-0.3, -0.25) is 0 Å². The van der Waals surface area contributed by atoms with Gasteiger partial charge in [0.25, 0.3) is 5.19 Å². The number of halogens is 1. The molecule has 8 nitrogen and oxygen atoms in total. The zero-order chi connectivity index (χ0) is 19.7. The minimum atomic E-state index is -0.347. The van der Waals surface area contributed by atoms with E-state index in [-0.39, 0.29) is 11.7 Å². The van der Waals surface area contributed by atoms with Crippen molar-refractivity contribution in [3.8, 4) is 34.0 Å². The van der Waals surface area contributed by atoms with Gasteiger partial charge >= 0.3 is 11.7 Å². The molecule has 0 saturated carbocycles. The van der Waals surface area contributed by atoms with Crippen molar-refractivity contribution in [2.24, 2.45) is 7.05 Å². The van der Waals surface area contributed by atoms with Crippen molar-refractivity contribution < 1.29 is 9.47 Å². The first-order valence-corrected chi connectivity index (χ1v) is 9.70. The van der Waals surface area contributed by atoms with Crippen LogP contribution in [0.3, 0.4) is 0 Å². The SMILES string of the molecule is COc1nn(C)c(=O)n1-c1ccccc1Oc1nc(-c2ccc(Br)cc2)ns1. The van der Waals surface area contributed by atoms with E-state index < -0.39 is 0 Å². The van der Waals surface area contributed by atoms with Crippen molar-refractivity contribution in [2.45, 2.75) is 0 Å². The van der Waals surface area contributed by atoms with Crippen molar-refractivity contribution in [3.05, 3.63) is 63.5 Å². The predicted octanol–water partition coefficient (Wildman–Crippen LogP) is 3.65. The van der Waals surface area contributed by atoms with Crippen LogP contribution in [0.5, 0.6) is 17.0 Å². The van der Waals surface area contributed by atoms with Crippen LogP contribution in [0.15, 0.2) is 57.8 Å². The summed E-state index contributed by atoms with van der Waals surface area (Å²) in [6, 6.07) is 15.0. The van der Waals surface area contributed by atoms with E-state index in [1.165, 1.54) is 16.4 Å². The number of para-hydroxylation sites is 2. The number of hydrogen-bond acceptors (Lipinski definition) is 7. The van der Waals surface area contributed by atoms with E-state index in [0.29, 0.717) is 22.5 Å². The number of nitrogens with zero attached hydrogens (tertiary/aromatic N) is 5. The van der Waals surface area contributed by atoms with Gasteiger partial charge in [-0.1, -0.05) is 40.2 Å². The third-order valence-electron chi connectivity index (χ3n) is 3.89. The summed E-state index contributed by atoms with van der Waals surface area (Å²) in [7, 11) is 3.01. The third kappa shape index (κ3) is 3.43. The van der Waals surface area contributed by atoms with Crippen LogP contribution in [-0.4, -0.2) is 30.8 Å². The quantitative estimate of drug-likeness (QED) is 0.452. The Morgan fingerprint density at radius 2 is 1.86 bits per heavy atom. The van der Waals surface area contributed by atoms with E-state index in [1.54, 1.807) is 25.2 Å². The summed E-state index contributed by atoms with van der Waals surface area (Å²) in [6.45, 7) is 0. The van der Waals surface area contributed by atoms with E-state index >= 15 is 0 Å². The maximum absolute atomic E-state index is 12.5. The highest BCUT2D eigenvalue weighted by molar-refractivity contribution is 9.10. The van der Waals surface area contributed by atoms with E-state index in [9.17, 15) is 4.79 Å². The predicted molar refractivity (Wildman–Crippen MR) is 108 cm³/mol. The zero-order valence-corrected chi connectivity index (χ0v) is 17.3. The van der Waals surface area contributed by atoms with Gasteiger partial charge in [-0.05, 0) is 24.3 Å². The summed E-state index contributed by atoms with van der Waals surface area (Å²) in [6.07, 6.45) is 0. The molecule has 2 heterocycles. The Balaban J connectivity index is 1.69. The summed E-state index contributed by atoms with van der Waals surface area (Å²) in [5.41, 5.74) is 1.03. The minimum Gasteiger partial charge on any atom is -0.467 e. The second-order valence-corrected chi connectivity index (χ2v) is 7.32. The second-order valence-electron chi connectivity index (χ2n) is 5.69. The van der Waals surface area contributed by atoms with Gasteiger partial charge in [-0.25, -0.2) is 14.0 Å². The number of benzene rings is 2. The van der Waals surface area contributed by atoms with Crippen molar-refractivity contribution >= 4 is 27.5 Å². The normalized spacial score (nSPS) is 10.8. The highest BCUT2D eigenvalue weighted by Gasteiger charge is 2.18. The van der Waals surface area contributed by atoms with Crippen molar-refractivity contribution in [3.63, 3.8) is 0 Å². The van der Waals surface area contributed by atoms with Gasteiger partial charge in [0.05, 0.1) is 12.8 Å². The first-order valence-electron chi connectivity index (χ1n) is 8.14. The lowest BCUT2D eigenvalue weighted by molar-refractivity contribution is 0.367. The van der Waals surface area contributed by atoms with E-state index in [4.69, 9.17) is 9.47 Å². The van der Waals surface area contributed by atoms with Gasteiger partial charge in [-0.2, -0.15) is 9.36 Å². The largest absolute Gasteiger partial charge is 0.467 e. The number of rotatable bonds is 5. The molecule has 0 aliphatic carbocycles. The van der Waals surface area contributed by atoms with Crippen LogP contribution in [0.25, 0.3) is 17.1 Å². The Hall–Kier alpha value is -2.98. The average Bonchev–Trinajstić information content (AvgIpc) is 3.28. The summed E-state index contributed by atoms with van der Waals surface area (Å²) in [5.74, 6) is 1.01. The molecular weight excluding hydrogens is 446 g/mol. The van der Waals surface area contributed by atoms with Crippen LogP contribution in [0.2, 0.25) is 0 Å². The smallest absolute Gasteiger partial charge is 0.353 e. The summed E-state index contributed by atoms with van der Waals surface area (Å²) in [4.78, 5) is 16.9. The van der Waals surface area contributed by atoms with E-state index in [2.05, 4.69) is 30.4 Å². The molecule has 0 radical (unpaired) electrons. The molecule has 0 amide bonds. The number of aryl methyl sites for hydroxylation is 1. The molecule has 2 aromatic heterocycles. The molecule has 2 aromatic carbocycles. The molecule has 0 fully saturated rings. The lowest BCUT2D eigenvalue weighted by atomic mass is 10.2. The molecule has 10 heteroatoms. The molecule has 0 atom stereocenters. The van der Waals surface area contributed by atoms with Gasteiger partial charge in [-0.15, -0.1) is 5.10 Å². The van der Waals surface area contributed by atoms with Crippen LogP contribution >= 0.6 is 27.5 Å². The minimum absolute atomic E-state index is 0.163. The first-order chi connectivity index (χ1) is 13.6. The molecule has 142 valence electrons. The van der Waals surface area contributed by atoms with Crippen molar-refractivity contribution in [1.29, 1.82) is 0 Å². The Morgan fingerprint density at radius 1 is 1.11 bits per heavy atom. The van der Waals surface area contributed by atoms with E-state index in [0.717, 1.165) is 21.6 Å². The Kier molecular flexibility index (Phi) is 4.97. The van der Waals surface area contributed by atoms with Crippen LogP contribution in [0.1, 0.15) is 0 Å². The maximum Gasteiger partial charge on any atom is 0.353 e. The fourth-order valence-corrected chi connectivity index (χ4v) is 3.40. The van der Waals surface area contributed by atoms with Crippen LogP contribution in [-0.2, 0) is 7.05 Å². The molecule has 0 unspecified atom stereocenters. The Morgan fingerprint density at radius 3 is 2.61 bits per heavy atom. The lowest BCUT2D eigenvalue weighted by Crippen LogP contribution is -2.22. The molecule has 4 aromatic rings. The number of aromatic nitrogens is 5. The topological polar surface area (TPSA) is 84.1 Å². The highest BCUT2D eigenvalue weighted by atomic mass is 79.9. The third-order valence-corrected chi connectivity index (χ3v) is 5.01. The molecule has 28 heavy (non-hydrogen) atoms. The molecule has 0 saturated heterocycles. The summed E-state index contributed by atoms with van der Waals surface area (Å²) < 4.78 is 19.0. The molecule has 0 spiro atoms. The van der Waals surface area contributed by atoms with Crippen LogP contribution < -0.4 is 15.2 Å². The molecule has 0 N–H and O–H groups in total. The summed E-state index contributed by atoms with van der Waals surface area (Å²) in [5, 5.41) is 4.43. The second kappa shape index (κ2) is 7.56. The maximum atomic E-state index is 12.5. The fraction of sp³-hybridized carbons (Fsp3) is 0.111. The number of hydrogen-bond donors (Lipinski definition) is 0. The standard InChI is InChI=1S/C18H14BrN5O3S/c1-23-18(25)24(16(21-23)26-2)13-5-3-4-6-14(13)27-17-20-15(22-28-17)11-7-9-12(19)10-8-11/h3-10H,1-2H3. The zero-order valence-electron chi connectivity index (χ0n) is 14.9. The van der Waals surface area contributed by atoms with Crippen LogP contribution in [0.4, 0.5) is 0 Å². The number of methoxy groups -OCH3 is 1. The molecule has 4 rings (SSSR count). The lowest BCUT2D eigenvalue weighted by Gasteiger charge is -2.09. The average molecular weight is 460 g/mol. The Bertz CT molecular complexity index is 1180. The molecule has 0 aliphatic heterocycles. The highest BCUT2D eigenvalue weighted by Crippen LogP contribution is 2.32. The van der Waals surface area contributed by atoms with E-state index in [1.807, 2.05) is 30.3 Å². The fourth-order valence-electron chi connectivity index (χ4n) is 2.57. The number of ether oxygens (including phenoxy) is 2. The molecule has 0 aliphatic rings. The Labute approximate surface area is 172 Å². The molecule has 0 bridgehead atoms. The summed E-state index contributed by atoms with van der Waals surface area (Å²) >= 11 is 4.54. The van der Waals surface area contributed by atoms with Gasteiger partial charge < -0.3 is 9.47 Å². The van der Waals surface area contributed by atoms with Crippen molar-refractivity contribution in [1.82, 2.24) is 23.7 Å². The van der Waals surface area contributed by atoms with Gasteiger partial charge in [0.2, 0.25) is 0 Å². The van der Waals surface area contributed by atoms with Gasteiger partial charge in [0.15, 0.2) is 11.6 Å². The van der Waals surface area contributed by atoms with Gasteiger partial charge in [0, 0.05) is 28.6 Å². The first kappa shape index (κ1) is 18.4.